The topological polar surface area (TPSA) is 46.5 Å². The maximum atomic E-state index is 12.9. The summed E-state index contributed by atoms with van der Waals surface area (Å²) in [5.74, 6) is 5.74. The zero-order chi connectivity index (χ0) is 22.8. The smallest absolute Gasteiger partial charge is 0.307 e. The number of allylic oxidation sites excluding steroid dienone is 1. The van der Waals surface area contributed by atoms with Gasteiger partial charge in [-0.15, -0.1) is 0 Å². The van der Waals surface area contributed by atoms with Crippen LogP contribution in [0.5, 0.6) is 0 Å². The van der Waals surface area contributed by atoms with Gasteiger partial charge in [0.1, 0.15) is 0 Å². The fourth-order valence-corrected chi connectivity index (χ4v) is 8.39. The summed E-state index contributed by atoms with van der Waals surface area (Å²) < 4.78 is 6.34. The molecule has 3 nitrogen and oxygen atoms in total. The second kappa shape index (κ2) is 10.1. The van der Waals surface area contributed by atoms with Gasteiger partial charge < -0.3 is 9.84 Å². The Morgan fingerprint density at radius 2 is 1.97 bits per heavy atom. The number of carbonyl (C=O) groups is 1. The van der Waals surface area contributed by atoms with Crippen LogP contribution in [0, 0.1) is 40.4 Å². The number of halogens is 1. The third-order valence-electron chi connectivity index (χ3n) is 9.65. The second-order valence-electron chi connectivity index (χ2n) is 10.9. The van der Waals surface area contributed by atoms with Gasteiger partial charge in [0.15, 0.2) is 5.60 Å². The van der Waals surface area contributed by atoms with Crippen molar-refractivity contribution in [2.45, 2.75) is 115 Å². The van der Waals surface area contributed by atoms with Gasteiger partial charge in [-0.1, -0.05) is 44.8 Å². The molecule has 1 unspecified atom stereocenters. The molecule has 3 saturated carbocycles. The number of carbonyl (C=O) groups excluding carboxylic acids is 1. The van der Waals surface area contributed by atoms with Crippen LogP contribution in [0.25, 0.3) is 0 Å². The van der Waals surface area contributed by atoms with Gasteiger partial charge in [-0.05, 0) is 105 Å². The van der Waals surface area contributed by atoms with Crippen LogP contribution < -0.4 is 0 Å². The van der Waals surface area contributed by atoms with Crippen molar-refractivity contribution in [1.82, 2.24) is 0 Å². The summed E-state index contributed by atoms with van der Waals surface area (Å²) in [5.41, 5.74) is 0.710. The first-order valence-corrected chi connectivity index (χ1v) is 13.6. The van der Waals surface area contributed by atoms with Crippen LogP contribution >= 0.6 is 11.6 Å². The normalized spacial score (nSPS) is 40.2. The lowest BCUT2D eigenvalue weighted by Gasteiger charge is -2.56. The number of unbranched alkanes of at least 4 members (excludes halogenated alkanes) is 3. The average Bonchev–Trinajstić information content (AvgIpc) is 3.10. The summed E-state index contributed by atoms with van der Waals surface area (Å²) in [6, 6.07) is 0. The van der Waals surface area contributed by atoms with Crippen molar-refractivity contribution in [3.63, 3.8) is 0 Å². The Balaban J connectivity index is 1.55. The van der Waals surface area contributed by atoms with Crippen LogP contribution in [-0.4, -0.2) is 22.8 Å². The van der Waals surface area contributed by atoms with E-state index in [0.717, 1.165) is 64.2 Å². The lowest BCUT2D eigenvalue weighted by Crippen LogP contribution is -2.55. The first kappa shape index (κ1) is 24.2. The number of aliphatic hydroxyl groups excluding tert-OH is 1. The molecule has 0 amide bonds. The Labute approximate surface area is 199 Å². The van der Waals surface area contributed by atoms with Gasteiger partial charge in [-0.3, -0.25) is 4.79 Å². The molecule has 0 bridgehead atoms. The number of rotatable bonds is 7. The van der Waals surface area contributed by atoms with Gasteiger partial charge in [0.25, 0.3) is 0 Å². The predicted molar refractivity (Wildman–Crippen MR) is 129 cm³/mol. The minimum atomic E-state index is -0.722. The fourth-order valence-electron chi connectivity index (χ4n) is 8.23. The lowest BCUT2D eigenvalue weighted by atomic mass is 9.49. The molecule has 4 aliphatic rings. The van der Waals surface area contributed by atoms with Gasteiger partial charge in [0.2, 0.25) is 0 Å². The third-order valence-corrected chi connectivity index (χ3v) is 9.75. The highest BCUT2D eigenvalue weighted by atomic mass is 35.5. The molecule has 0 spiro atoms. The molecular formula is C28H41ClO3. The van der Waals surface area contributed by atoms with Crippen molar-refractivity contribution in [3.8, 4) is 11.3 Å². The first-order valence-electron chi connectivity index (χ1n) is 13.2. The van der Waals surface area contributed by atoms with Gasteiger partial charge in [-0.2, -0.15) is 0 Å². The van der Waals surface area contributed by atoms with Gasteiger partial charge in [0, 0.05) is 17.2 Å². The van der Waals surface area contributed by atoms with Crippen molar-refractivity contribution in [1.29, 1.82) is 0 Å². The molecule has 0 heterocycles. The highest BCUT2D eigenvalue weighted by Crippen LogP contribution is 2.67. The number of hydrogen-bond acceptors (Lipinski definition) is 3. The summed E-state index contributed by atoms with van der Waals surface area (Å²) in [7, 11) is 0. The van der Waals surface area contributed by atoms with Crippen LogP contribution in [0.2, 0.25) is 0 Å². The summed E-state index contributed by atoms with van der Waals surface area (Å²) in [4.78, 5) is 12.9. The van der Waals surface area contributed by atoms with E-state index in [-0.39, 0.29) is 17.5 Å². The molecule has 0 aromatic heterocycles. The third kappa shape index (κ3) is 4.16. The maximum Gasteiger partial charge on any atom is 0.307 e. The molecule has 4 rings (SSSR count). The highest BCUT2D eigenvalue weighted by molar-refractivity contribution is 6.30. The number of esters is 1. The van der Waals surface area contributed by atoms with Gasteiger partial charge in [0.05, 0.1) is 6.10 Å². The van der Waals surface area contributed by atoms with Crippen molar-refractivity contribution in [3.05, 3.63) is 11.6 Å². The summed E-state index contributed by atoms with van der Waals surface area (Å²) in [6.07, 6.45) is 16.2. The molecule has 178 valence electrons. The van der Waals surface area contributed by atoms with E-state index in [1.54, 1.807) is 0 Å². The van der Waals surface area contributed by atoms with E-state index in [1.165, 1.54) is 24.8 Å². The van der Waals surface area contributed by atoms with E-state index in [4.69, 9.17) is 16.3 Å². The van der Waals surface area contributed by atoms with Crippen molar-refractivity contribution in [2.75, 3.05) is 0 Å². The minimum Gasteiger partial charge on any atom is -0.445 e. The molecule has 1 N–H and O–H groups in total. The molecule has 3 fully saturated rings. The Morgan fingerprint density at radius 3 is 2.72 bits per heavy atom. The van der Waals surface area contributed by atoms with Crippen LogP contribution in [0.4, 0.5) is 0 Å². The van der Waals surface area contributed by atoms with E-state index >= 15 is 0 Å². The Bertz CT molecular complexity index is 779. The van der Waals surface area contributed by atoms with Crippen molar-refractivity contribution < 1.29 is 14.6 Å². The molecule has 0 radical (unpaired) electrons. The van der Waals surface area contributed by atoms with Crippen LogP contribution in [-0.2, 0) is 9.53 Å². The SMILES string of the molecule is CCCCCCC(=O)O[C@@]1(C#CCl)CC[C@H]2[C@@H]3CCC4=CC(O)CC[C@@H]4[C@H]3CC[C@@]21CC. The summed E-state index contributed by atoms with van der Waals surface area (Å²) >= 11 is 6.01. The highest BCUT2D eigenvalue weighted by Gasteiger charge is 2.65. The second-order valence-corrected chi connectivity index (χ2v) is 11.1. The molecule has 4 heteroatoms. The van der Waals surface area contributed by atoms with E-state index in [9.17, 15) is 9.90 Å². The maximum absolute atomic E-state index is 12.9. The molecular weight excluding hydrogens is 420 g/mol. The summed E-state index contributed by atoms with van der Waals surface area (Å²) in [6.45, 7) is 4.45. The van der Waals surface area contributed by atoms with E-state index in [2.05, 4.69) is 31.2 Å². The van der Waals surface area contributed by atoms with Crippen LogP contribution in [0.3, 0.4) is 0 Å². The number of hydrogen-bond donors (Lipinski definition) is 1. The van der Waals surface area contributed by atoms with Crippen LogP contribution in [0.1, 0.15) is 104 Å². The average molecular weight is 461 g/mol. The molecule has 7 atom stereocenters. The van der Waals surface area contributed by atoms with Crippen molar-refractivity contribution in [2.24, 2.45) is 29.1 Å². The van der Waals surface area contributed by atoms with Crippen LogP contribution in [0.15, 0.2) is 11.6 Å². The Kier molecular flexibility index (Phi) is 7.63. The number of fused-ring (bicyclic) bond motifs is 5. The van der Waals surface area contributed by atoms with Gasteiger partial charge >= 0.3 is 5.97 Å². The zero-order valence-electron chi connectivity index (χ0n) is 20.0. The van der Waals surface area contributed by atoms with E-state index < -0.39 is 5.60 Å². The Hall–Kier alpha value is -0.980. The molecule has 0 aliphatic heterocycles. The van der Waals surface area contributed by atoms with Gasteiger partial charge in [-0.25, -0.2) is 0 Å². The monoisotopic (exact) mass is 460 g/mol. The van der Waals surface area contributed by atoms with Crippen molar-refractivity contribution >= 4 is 17.6 Å². The predicted octanol–water partition coefficient (Wildman–Crippen LogP) is 6.76. The number of aliphatic hydroxyl groups is 1. The summed E-state index contributed by atoms with van der Waals surface area (Å²) in [5, 5.41) is 12.8. The largest absolute Gasteiger partial charge is 0.445 e. The fraction of sp³-hybridized carbons (Fsp3) is 0.821. The minimum absolute atomic E-state index is 0.0788. The molecule has 0 saturated heterocycles. The number of ether oxygens (including phenoxy) is 1. The van der Waals surface area contributed by atoms with E-state index in [1.807, 2.05) is 0 Å². The first-order chi connectivity index (χ1) is 15.5. The molecule has 32 heavy (non-hydrogen) atoms. The molecule has 0 aromatic rings. The molecule has 4 aliphatic carbocycles. The molecule has 0 aromatic carbocycles. The zero-order valence-corrected chi connectivity index (χ0v) is 20.8. The quantitative estimate of drug-likeness (QED) is 0.197. The Morgan fingerprint density at radius 1 is 1.12 bits per heavy atom. The standard InChI is InChI=1S/C28H41ClO3/c1-3-5-6-7-8-26(31)32-28(17-18-29)16-14-25-24-11-9-20-19-21(30)10-12-22(20)23(24)13-15-27(25,28)4-2/h19,21-25,30H,3-16H2,1-2H3/t21?,22-,23+,24+,25-,27-,28+/m0/s1. The van der Waals surface area contributed by atoms with E-state index in [0.29, 0.717) is 30.1 Å². The lowest BCUT2D eigenvalue weighted by molar-refractivity contribution is -0.173.